The zero-order valence-electron chi connectivity index (χ0n) is 9.03. The van der Waals surface area contributed by atoms with Crippen molar-refractivity contribution in [2.75, 3.05) is 20.3 Å². The first-order valence-corrected chi connectivity index (χ1v) is 5.19. The SMILES string of the molecule is COCCC(=O)N1CCC(N)CC1C. The van der Waals surface area contributed by atoms with Crippen molar-refractivity contribution >= 4 is 5.91 Å². The van der Waals surface area contributed by atoms with Crippen molar-refractivity contribution in [3.8, 4) is 0 Å². The van der Waals surface area contributed by atoms with Gasteiger partial charge in [0.05, 0.1) is 13.0 Å². The Morgan fingerprint density at radius 2 is 2.36 bits per heavy atom. The zero-order valence-corrected chi connectivity index (χ0v) is 9.03. The molecule has 0 aromatic heterocycles. The van der Waals surface area contributed by atoms with Crippen molar-refractivity contribution in [3.63, 3.8) is 0 Å². The molecule has 1 aliphatic rings. The third-order valence-corrected chi connectivity index (χ3v) is 2.76. The van der Waals surface area contributed by atoms with E-state index in [0.717, 1.165) is 19.4 Å². The van der Waals surface area contributed by atoms with Crippen LogP contribution in [0.1, 0.15) is 26.2 Å². The lowest BCUT2D eigenvalue weighted by Crippen LogP contribution is -2.48. The van der Waals surface area contributed by atoms with E-state index in [4.69, 9.17) is 10.5 Å². The van der Waals surface area contributed by atoms with Gasteiger partial charge in [-0.25, -0.2) is 0 Å². The summed E-state index contributed by atoms with van der Waals surface area (Å²) in [5.74, 6) is 0.186. The maximum absolute atomic E-state index is 11.7. The number of nitrogens with two attached hydrogens (primary N) is 1. The Morgan fingerprint density at radius 3 is 2.93 bits per heavy atom. The van der Waals surface area contributed by atoms with Crippen molar-refractivity contribution in [1.82, 2.24) is 4.90 Å². The van der Waals surface area contributed by atoms with E-state index in [-0.39, 0.29) is 18.0 Å². The fourth-order valence-corrected chi connectivity index (χ4v) is 1.91. The molecule has 0 aliphatic carbocycles. The number of piperidine rings is 1. The summed E-state index contributed by atoms with van der Waals surface area (Å²) < 4.78 is 4.89. The minimum Gasteiger partial charge on any atom is -0.384 e. The van der Waals surface area contributed by atoms with Crippen molar-refractivity contribution < 1.29 is 9.53 Å². The van der Waals surface area contributed by atoms with Gasteiger partial charge in [-0.1, -0.05) is 0 Å². The summed E-state index contributed by atoms with van der Waals surface area (Å²) in [6.45, 7) is 3.36. The smallest absolute Gasteiger partial charge is 0.225 e. The minimum atomic E-state index is 0.186. The Morgan fingerprint density at radius 1 is 1.64 bits per heavy atom. The van der Waals surface area contributed by atoms with E-state index in [1.807, 2.05) is 4.90 Å². The van der Waals surface area contributed by atoms with Gasteiger partial charge in [-0.15, -0.1) is 0 Å². The number of nitrogens with zero attached hydrogens (tertiary/aromatic N) is 1. The number of amides is 1. The highest BCUT2D eigenvalue weighted by molar-refractivity contribution is 5.76. The maximum Gasteiger partial charge on any atom is 0.225 e. The molecule has 1 saturated heterocycles. The van der Waals surface area contributed by atoms with Crippen LogP contribution in [0.4, 0.5) is 0 Å². The van der Waals surface area contributed by atoms with Gasteiger partial charge in [-0.2, -0.15) is 0 Å². The summed E-state index contributed by atoms with van der Waals surface area (Å²) in [6, 6.07) is 0.541. The Labute approximate surface area is 85.4 Å². The summed E-state index contributed by atoms with van der Waals surface area (Å²) in [5.41, 5.74) is 5.82. The Hall–Kier alpha value is -0.610. The highest BCUT2D eigenvalue weighted by Gasteiger charge is 2.26. The molecule has 14 heavy (non-hydrogen) atoms. The van der Waals surface area contributed by atoms with E-state index >= 15 is 0 Å². The lowest BCUT2D eigenvalue weighted by atomic mass is 9.99. The average Bonchev–Trinajstić information content (AvgIpc) is 2.14. The lowest BCUT2D eigenvalue weighted by molar-refractivity contribution is -0.135. The molecule has 0 saturated carbocycles. The van der Waals surface area contributed by atoms with Crippen LogP contribution in [0.15, 0.2) is 0 Å². The fraction of sp³-hybridized carbons (Fsp3) is 0.900. The predicted octanol–water partition coefficient (Wildman–Crippen LogP) is 0.361. The topological polar surface area (TPSA) is 55.6 Å². The van der Waals surface area contributed by atoms with E-state index in [2.05, 4.69) is 6.92 Å². The van der Waals surface area contributed by atoms with Crippen LogP contribution in [0.3, 0.4) is 0 Å². The molecule has 2 N–H and O–H groups in total. The van der Waals surface area contributed by atoms with E-state index in [0.29, 0.717) is 13.0 Å². The van der Waals surface area contributed by atoms with Gasteiger partial charge < -0.3 is 15.4 Å². The van der Waals surface area contributed by atoms with Gasteiger partial charge in [-0.3, -0.25) is 4.79 Å². The monoisotopic (exact) mass is 200 g/mol. The predicted molar refractivity (Wildman–Crippen MR) is 54.9 cm³/mol. The summed E-state index contributed by atoms with van der Waals surface area (Å²) in [7, 11) is 1.61. The van der Waals surface area contributed by atoms with Gasteiger partial charge in [0.1, 0.15) is 0 Å². The van der Waals surface area contributed by atoms with Crippen LogP contribution in [0, 0.1) is 0 Å². The normalized spacial score (nSPS) is 27.8. The van der Waals surface area contributed by atoms with E-state index in [1.54, 1.807) is 7.11 Å². The van der Waals surface area contributed by atoms with Crippen LogP contribution in [-0.4, -0.2) is 43.2 Å². The first-order valence-electron chi connectivity index (χ1n) is 5.19. The van der Waals surface area contributed by atoms with Crippen LogP contribution in [0.2, 0.25) is 0 Å². The molecule has 0 bridgehead atoms. The maximum atomic E-state index is 11.7. The molecule has 2 unspecified atom stereocenters. The van der Waals surface area contributed by atoms with E-state index in [1.165, 1.54) is 0 Å². The Bertz CT molecular complexity index is 197. The number of hydrogen-bond acceptors (Lipinski definition) is 3. The first-order chi connectivity index (χ1) is 6.65. The number of rotatable bonds is 3. The molecule has 0 radical (unpaired) electrons. The molecular weight excluding hydrogens is 180 g/mol. The van der Waals surface area contributed by atoms with Crippen molar-refractivity contribution in [1.29, 1.82) is 0 Å². The third-order valence-electron chi connectivity index (χ3n) is 2.76. The molecule has 0 aromatic rings. The van der Waals surface area contributed by atoms with Crippen molar-refractivity contribution in [2.24, 2.45) is 5.73 Å². The second kappa shape index (κ2) is 5.32. The number of carbonyl (C=O) groups is 1. The van der Waals surface area contributed by atoms with Crippen molar-refractivity contribution in [3.05, 3.63) is 0 Å². The highest BCUT2D eigenvalue weighted by atomic mass is 16.5. The van der Waals surface area contributed by atoms with Gasteiger partial charge in [0.15, 0.2) is 0 Å². The zero-order chi connectivity index (χ0) is 10.6. The molecule has 0 spiro atoms. The quantitative estimate of drug-likeness (QED) is 0.715. The van der Waals surface area contributed by atoms with Crippen LogP contribution < -0.4 is 5.73 Å². The van der Waals surface area contributed by atoms with Crippen LogP contribution in [0.25, 0.3) is 0 Å². The molecule has 1 fully saturated rings. The summed E-state index contributed by atoms with van der Waals surface area (Å²) in [4.78, 5) is 13.6. The second-order valence-corrected chi connectivity index (χ2v) is 3.96. The number of likely N-dealkylation sites (tertiary alicyclic amines) is 1. The molecule has 2 atom stereocenters. The molecule has 82 valence electrons. The van der Waals surface area contributed by atoms with Gasteiger partial charge in [0, 0.05) is 25.7 Å². The van der Waals surface area contributed by atoms with Crippen LogP contribution in [-0.2, 0) is 9.53 Å². The van der Waals surface area contributed by atoms with Gasteiger partial charge >= 0.3 is 0 Å². The Kier molecular flexibility index (Phi) is 4.35. The molecule has 4 nitrogen and oxygen atoms in total. The van der Waals surface area contributed by atoms with Gasteiger partial charge in [0.2, 0.25) is 5.91 Å². The summed E-state index contributed by atoms with van der Waals surface area (Å²) >= 11 is 0. The molecule has 1 aliphatic heterocycles. The van der Waals surface area contributed by atoms with Crippen molar-refractivity contribution in [2.45, 2.75) is 38.3 Å². The first kappa shape index (κ1) is 11.5. The molecule has 1 rings (SSSR count). The lowest BCUT2D eigenvalue weighted by Gasteiger charge is -2.36. The van der Waals surface area contributed by atoms with E-state index < -0.39 is 0 Å². The standard InChI is InChI=1S/C10H20N2O2/c1-8-7-9(11)3-5-12(8)10(13)4-6-14-2/h8-9H,3-7,11H2,1-2H3. The minimum absolute atomic E-state index is 0.186. The molecule has 4 heteroatoms. The number of carbonyl (C=O) groups excluding carboxylic acids is 1. The largest absolute Gasteiger partial charge is 0.384 e. The average molecular weight is 200 g/mol. The van der Waals surface area contributed by atoms with Gasteiger partial charge in [0.25, 0.3) is 0 Å². The highest BCUT2D eigenvalue weighted by Crippen LogP contribution is 2.16. The summed E-state index contributed by atoms with van der Waals surface area (Å²) in [5, 5.41) is 0. The third kappa shape index (κ3) is 2.96. The fourth-order valence-electron chi connectivity index (χ4n) is 1.91. The van der Waals surface area contributed by atoms with Gasteiger partial charge in [-0.05, 0) is 19.8 Å². The number of hydrogen-bond donors (Lipinski definition) is 1. The molecule has 1 heterocycles. The molecule has 1 amide bonds. The summed E-state index contributed by atoms with van der Waals surface area (Å²) in [6.07, 6.45) is 2.32. The molecular formula is C10H20N2O2. The van der Waals surface area contributed by atoms with Crippen LogP contribution >= 0.6 is 0 Å². The number of methoxy groups -OCH3 is 1. The van der Waals surface area contributed by atoms with Crippen LogP contribution in [0.5, 0.6) is 0 Å². The number of ether oxygens (including phenoxy) is 1. The Balaban J connectivity index is 2.39. The molecule has 0 aromatic carbocycles. The second-order valence-electron chi connectivity index (χ2n) is 3.96. The van der Waals surface area contributed by atoms with E-state index in [9.17, 15) is 4.79 Å².